The van der Waals surface area contributed by atoms with Gasteiger partial charge in [0.2, 0.25) is 5.91 Å². The Bertz CT molecular complexity index is 510. The van der Waals surface area contributed by atoms with Crippen molar-refractivity contribution in [3.05, 3.63) is 35.4 Å². The highest BCUT2D eigenvalue weighted by Gasteiger charge is 2.43. The number of amides is 1. The number of likely N-dealkylation sites (tertiary alicyclic amines) is 1. The Morgan fingerprint density at radius 3 is 2.81 bits per heavy atom. The molecular weight excluding hydrogens is 262 g/mol. The summed E-state index contributed by atoms with van der Waals surface area (Å²) in [6.45, 7) is 3.50. The maximum absolute atomic E-state index is 12.5. The van der Waals surface area contributed by atoms with E-state index in [9.17, 15) is 9.90 Å². The molecule has 1 aliphatic carbocycles. The number of hydrogen-bond acceptors (Lipinski definition) is 2. The van der Waals surface area contributed by atoms with E-state index in [-0.39, 0.29) is 11.8 Å². The second-order valence-electron chi connectivity index (χ2n) is 6.80. The molecule has 21 heavy (non-hydrogen) atoms. The van der Waals surface area contributed by atoms with Crippen molar-refractivity contribution in [2.24, 2.45) is 5.92 Å². The summed E-state index contributed by atoms with van der Waals surface area (Å²) in [5.74, 6) is 0.480. The Labute approximate surface area is 127 Å². The molecule has 2 unspecified atom stereocenters. The summed E-state index contributed by atoms with van der Waals surface area (Å²) in [6.07, 6.45) is 5.52. The van der Waals surface area contributed by atoms with Crippen molar-refractivity contribution >= 4 is 5.91 Å². The third-order valence-electron chi connectivity index (χ3n) is 5.26. The van der Waals surface area contributed by atoms with Crippen LogP contribution in [0.2, 0.25) is 0 Å². The Morgan fingerprint density at radius 2 is 2.05 bits per heavy atom. The number of hydrogen-bond donors (Lipinski definition) is 1. The first-order valence-electron chi connectivity index (χ1n) is 8.12. The van der Waals surface area contributed by atoms with Crippen LogP contribution >= 0.6 is 0 Å². The molecule has 1 aliphatic heterocycles. The third kappa shape index (κ3) is 3.13. The van der Waals surface area contributed by atoms with Crippen LogP contribution in [0.3, 0.4) is 0 Å². The van der Waals surface area contributed by atoms with Gasteiger partial charge in [-0.2, -0.15) is 0 Å². The summed E-state index contributed by atoms with van der Waals surface area (Å²) in [4.78, 5) is 14.4. The van der Waals surface area contributed by atoms with E-state index >= 15 is 0 Å². The zero-order chi connectivity index (χ0) is 14.9. The van der Waals surface area contributed by atoms with E-state index in [0.717, 1.165) is 37.8 Å². The molecule has 1 N–H and O–H groups in total. The van der Waals surface area contributed by atoms with Gasteiger partial charge in [-0.3, -0.25) is 4.79 Å². The summed E-state index contributed by atoms with van der Waals surface area (Å²) in [5.41, 5.74) is 1.80. The number of carbonyl (C=O) groups excluding carboxylic acids is 1. The molecule has 3 heteroatoms. The zero-order valence-corrected chi connectivity index (χ0v) is 12.8. The molecule has 1 amide bonds. The second-order valence-corrected chi connectivity index (χ2v) is 6.80. The molecule has 1 heterocycles. The van der Waals surface area contributed by atoms with Gasteiger partial charge in [-0.25, -0.2) is 0 Å². The molecule has 0 spiro atoms. The van der Waals surface area contributed by atoms with Crippen LogP contribution in [0.1, 0.15) is 43.2 Å². The van der Waals surface area contributed by atoms with Crippen LogP contribution in [0.4, 0.5) is 0 Å². The molecule has 1 saturated carbocycles. The largest absolute Gasteiger partial charge is 0.389 e. The van der Waals surface area contributed by atoms with Gasteiger partial charge in [0.1, 0.15) is 0 Å². The fraction of sp³-hybridized carbons (Fsp3) is 0.611. The number of piperidine rings is 1. The fourth-order valence-corrected chi connectivity index (χ4v) is 3.79. The number of fused-ring (bicyclic) bond motifs is 1. The summed E-state index contributed by atoms with van der Waals surface area (Å²) in [6, 6.07) is 8.18. The highest BCUT2D eigenvalue weighted by Crippen LogP contribution is 2.39. The number of carbonyl (C=O) groups is 1. The van der Waals surface area contributed by atoms with Gasteiger partial charge >= 0.3 is 0 Å². The first-order chi connectivity index (χ1) is 10.1. The molecule has 2 aliphatic rings. The number of rotatable bonds is 2. The smallest absolute Gasteiger partial charge is 0.227 e. The molecule has 1 aromatic carbocycles. The van der Waals surface area contributed by atoms with E-state index in [1.165, 1.54) is 12.0 Å². The molecule has 2 atom stereocenters. The summed E-state index contributed by atoms with van der Waals surface area (Å²) < 4.78 is 0. The minimum atomic E-state index is -0.501. The standard InChI is InChI=1S/C18H25NO2/c1-14-5-7-15(8-6-14)12-17(20)19-11-10-18(21)9-3-2-4-16(18)13-19/h5-8,16,21H,2-4,9-13H2,1H3. The number of nitrogens with zero attached hydrogens (tertiary/aromatic N) is 1. The van der Waals surface area contributed by atoms with Gasteiger partial charge in [0.05, 0.1) is 12.0 Å². The summed E-state index contributed by atoms with van der Waals surface area (Å²) >= 11 is 0. The Balaban J connectivity index is 1.62. The van der Waals surface area contributed by atoms with Crippen molar-refractivity contribution < 1.29 is 9.90 Å². The van der Waals surface area contributed by atoms with Crippen molar-refractivity contribution in [2.75, 3.05) is 13.1 Å². The third-order valence-corrected chi connectivity index (χ3v) is 5.26. The van der Waals surface area contributed by atoms with Crippen molar-refractivity contribution in [3.63, 3.8) is 0 Å². The van der Waals surface area contributed by atoms with Gasteiger partial charge in [-0.05, 0) is 31.7 Å². The predicted octanol–water partition coefficient (Wildman–Crippen LogP) is 2.69. The van der Waals surface area contributed by atoms with Crippen LogP contribution in [0, 0.1) is 12.8 Å². The van der Waals surface area contributed by atoms with Crippen LogP contribution < -0.4 is 0 Å². The highest BCUT2D eigenvalue weighted by atomic mass is 16.3. The SMILES string of the molecule is Cc1ccc(CC(=O)N2CCC3(O)CCCCC3C2)cc1. The number of benzene rings is 1. The summed E-state index contributed by atoms with van der Waals surface area (Å²) in [5, 5.41) is 10.7. The maximum atomic E-state index is 12.5. The lowest BCUT2D eigenvalue weighted by atomic mass is 9.71. The average Bonchev–Trinajstić information content (AvgIpc) is 2.48. The number of aryl methyl sites for hydroxylation is 1. The van der Waals surface area contributed by atoms with Gasteiger partial charge in [-0.15, -0.1) is 0 Å². The van der Waals surface area contributed by atoms with E-state index in [1.807, 2.05) is 17.0 Å². The van der Waals surface area contributed by atoms with Gasteiger partial charge < -0.3 is 10.0 Å². The Morgan fingerprint density at radius 1 is 1.29 bits per heavy atom. The van der Waals surface area contributed by atoms with Crippen LogP contribution in [0.15, 0.2) is 24.3 Å². The Kier molecular flexibility index (Phi) is 4.03. The van der Waals surface area contributed by atoms with Gasteiger partial charge in [0.15, 0.2) is 0 Å². The van der Waals surface area contributed by atoms with E-state index in [4.69, 9.17) is 0 Å². The topological polar surface area (TPSA) is 40.5 Å². The van der Waals surface area contributed by atoms with Crippen LogP contribution in [0.5, 0.6) is 0 Å². The predicted molar refractivity (Wildman–Crippen MR) is 83.0 cm³/mol. The van der Waals surface area contributed by atoms with Crippen molar-refractivity contribution in [3.8, 4) is 0 Å². The lowest BCUT2D eigenvalue weighted by Gasteiger charge is -2.47. The van der Waals surface area contributed by atoms with E-state index in [0.29, 0.717) is 13.0 Å². The summed E-state index contributed by atoms with van der Waals surface area (Å²) in [7, 11) is 0. The van der Waals surface area contributed by atoms with Crippen molar-refractivity contribution in [2.45, 2.75) is 51.0 Å². The average molecular weight is 287 g/mol. The highest BCUT2D eigenvalue weighted by molar-refractivity contribution is 5.79. The molecule has 114 valence electrons. The van der Waals surface area contributed by atoms with E-state index in [1.54, 1.807) is 0 Å². The monoisotopic (exact) mass is 287 g/mol. The molecular formula is C18H25NO2. The van der Waals surface area contributed by atoms with Crippen LogP contribution in [-0.4, -0.2) is 34.6 Å². The zero-order valence-electron chi connectivity index (χ0n) is 12.8. The van der Waals surface area contributed by atoms with E-state index in [2.05, 4.69) is 19.1 Å². The van der Waals surface area contributed by atoms with Gasteiger partial charge in [0.25, 0.3) is 0 Å². The molecule has 3 rings (SSSR count). The lowest BCUT2D eigenvalue weighted by Crippen LogP contribution is -2.54. The van der Waals surface area contributed by atoms with Crippen LogP contribution in [-0.2, 0) is 11.2 Å². The van der Waals surface area contributed by atoms with Gasteiger partial charge in [-0.1, -0.05) is 42.7 Å². The number of aliphatic hydroxyl groups is 1. The Hall–Kier alpha value is -1.35. The first kappa shape index (κ1) is 14.6. The minimum absolute atomic E-state index is 0.200. The quantitative estimate of drug-likeness (QED) is 0.908. The van der Waals surface area contributed by atoms with Crippen LogP contribution in [0.25, 0.3) is 0 Å². The molecule has 1 aromatic rings. The molecule has 0 bridgehead atoms. The van der Waals surface area contributed by atoms with Crippen molar-refractivity contribution in [1.82, 2.24) is 4.90 Å². The van der Waals surface area contributed by atoms with Gasteiger partial charge in [0, 0.05) is 19.0 Å². The first-order valence-corrected chi connectivity index (χ1v) is 8.12. The molecule has 2 fully saturated rings. The molecule has 0 aromatic heterocycles. The normalized spacial score (nSPS) is 29.0. The second kappa shape index (κ2) is 5.80. The molecule has 0 radical (unpaired) electrons. The minimum Gasteiger partial charge on any atom is -0.389 e. The lowest BCUT2D eigenvalue weighted by molar-refractivity contribution is -0.142. The van der Waals surface area contributed by atoms with Crippen molar-refractivity contribution in [1.29, 1.82) is 0 Å². The van der Waals surface area contributed by atoms with E-state index < -0.39 is 5.60 Å². The molecule has 1 saturated heterocycles. The molecule has 3 nitrogen and oxygen atoms in total. The maximum Gasteiger partial charge on any atom is 0.227 e. The fourth-order valence-electron chi connectivity index (χ4n) is 3.79.